The Labute approximate surface area is 107 Å². The highest BCUT2D eigenvalue weighted by Gasteiger charge is 2.15. The Morgan fingerprint density at radius 2 is 1.83 bits per heavy atom. The van der Waals surface area contributed by atoms with E-state index in [4.69, 9.17) is 9.47 Å². The lowest BCUT2D eigenvalue weighted by Crippen LogP contribution is -2.42. The summed E-state index contributed by atoms with van der Waals surface area (Å²) in [4.78, 5) is 2.28. The second-order valence-electron chi connectivity index (χ2n) is 4.32. The molecule has 1 aromatic carbocycles. The van der Waals surface area contributed by atoms with Crippen LogP contribution in [0.3, 0.4) is 0 Å². The number of hydrogen-bond donors (Lipinski definition) is 1. The van der Waals surface area contributed by atoms with Gasteiger partial charge in [0, 0.05) is 44.4 Å². The van der Waals surface area contributed by atoms with Crippen LogP contribution in [-0.2, 0) is 6.54 Å². The van der Waals surface area contributed by atoms with Crippen LogP contribution in [0.5, 0.6) is 11.5 Å². The summed E-state index contributed by atoms with van der Waals surface area (Å²) in [5.74, 6) is 0.547. The largest absolute Gasteiger partial charge is 0.496 e. The van der Waals surface area contributed by atoms with Crippen LogP contribution in [0.25, 0.3) is 0 Å². The van der Waals surface area contributed by atoms with E-state index in [9.17, 15) is 4.39 Å². The first-order valence-electron chi connectivity index (χ1n) is 6.08. The normalized spacial score (nSPS) is 16.6. The minimum Gasteiger partial charge on any atom is -0.496 e. The summed E-state index contributed by atoms with van der Waals surface area (Å²) in [6, 6.07) is 3.10. The van der Waals surface area contributed by atoms with Gasteiger partial charge in [-0.3, -0.25) is 4.90 Å². The number of methoxy groups -OCH3 is 2. The van der Waals surface area contributed by atoms with Crippen LogP contribution in [-0.4, -0.2) is 45.3 Å². The van der Waals surface area contributed by atoms with Crippen molar-refractivity contribution in [1.82, 2.24) is 10.2 Å². The molecule has 0 amide bonds. The van der Waals surface area contributed by atoms with Crippen LogP contribution in [0, 0.1) is 5.82 Å². The van der Waals surface area contributed by atoms with Crippen molar-refractivity contribution in [3.8, 4) is 11.5 Å². The lowest BCUT2D eigenvalue weighted by atomic mass is 10.1. The predicted octanol–water partition coefficient (Wildman–Crippen LogP) is 1.25. The van der Waals surface area contributed by atoms with E-state index >= 15 is 0 Å². The maximum atomic E-state index is 13.7. The Morgan fingerprint density at radius 1 is 1.17 bits per heavy atom. The average Bonchev–Trinajstić information content (AvgIpc) is 2.40. The summed E-state index contributed by atoms with van der Waals surface area (Å²) >= 11 is 0. The third kappa shape index (κ3) is 2.91. The van der Waals surface area contributed by atoms with Crippen LogP contribution in [0.2, 0.25) is 0 Å². The molecule has 0 spiro atoms. The molecule has 1 aromatic rings. The van der Waals surface area contributed by atoms with Gasteiger partial charge in [0.1, 0.15) is 5.75 Å². The van der Waals surface area contributed by atoms with Gasteiger partial charge in [-0.2, -0.15) is 0 Å². The summed E-state index contributed by atoms with van der Waals surface area (Å²) in [7, 11) is 3.04. The lowest BCUT2D eigenvalue weighted by Gasteiger charge is -2.27. The fourth-order valence-corrected chi connectivity index (χ4v) is 2.16. The number of rotatable bonds is 4. The van der Waals surface area contributed by atoms with E-state index in [1.807, 2.05) is 0 Å². The molecule has 100 valence electrons. The predicted molar refractivity (Wildman–Crippen MR) is 67.7 cm³/mol. The fourth-order valence-electron chi connectivity index (χ4n) is 2.16. The lowest BCUT2D eigenvalue weighted by molar-refractivity contribution is 0.229. The minimum atomic E-state index is -0.344. The van der Waals surface area contributed by atoms with Crippen molar-refractivity contribution in [2.75, 3.05) is 40.4 Å². The summed E-state index contributed by atoms with van der Waals surface area (Å²) < 4.78 is 24.0. The van der Waals surface area contributed by atoms with Crippen molar-refractivity contribution in [2.24, 2.45) is 0 Å². The molecule has 0 unspecified atom stereocenters. The molecule has 0 saturated carbocycles. The van der Waals surface area contributed by atoms with Gasteiger partial charge in [-0.05, 0) is 6.07 Å². The zero-order chi connectivity index (χ0) is 13.0. The molecule has 2 rings (SSSR count). The van der Waals surface area contributed by atoms with Gasteiger partial charge in [0.05, 0.1) is 14.2 Å². The standard InChI is InChI=1S/C13H19FN2O2/c1-17-12-8-13(18-2)11(14)7-10(12)9-16-5-3-15-4-6-16/h7-8,15H,3-6,9H2,1-2H3. The Morgan fingerprint density at radius 3 is 2.44 bits per heavy atom. The van der Waals surface area contributed by atoms with Crippen molar-refractivity contribution >= 4 is 0 Å². The van der Waals surface area contributed by atoms with Crippen LogP contribution in [0.4, 0.5) is 4.39 Å². The fraction of sp³-hybridized carbons (Fsp3) is 0.538. The number of nitrogens with one attached hydrogen (secondary N) is 1. The van der Waals surface area contributed by atoms with Crippen LogP contribution < -0.4 is 14.8 Å². The van der Waals surface area contributed by atoms with E-state index in [-0.39, 0.29) is 11.6 Å². The number of halogens is 1. The molecule has 1 aliphatic rings. The summed E-state index contributed by atoms with van der Waals surface area (Å²) in [6.45, 7) is 4.58. The van der Waals surface area contributed by atoms with E-state index in [0.29, 0.717) is 12.3 Å². The Kier molecular flexibility index (Phi) is 4.38. The summed E-state index contributed by atoms with van der Waals surface area (Å²) in [5.41, 5.74) is 0.859. The number of hydrogen-bond acceptors (Lipinski definition) is 4. The Hall–Kier alpha value is -1.33. The van der Waals surface area contributed by atoms with Crippen molar-refractivity contribution in [3.63, 3.8) is 0 Å². The molecule has 0 aliphatic carbocycles. The molecule has 0 atom stereocenters. The number of ether oxygens (including phenoxy) is 2. The van der Waals surface area contributed by atoms with Crippen LogP contribution >= 0.6 is 0 Å². The van der Waals surface area contributed by atoms with Gasteiger partial charge in [0.2, 0.25) is 0 Å². The first kappa shape index (κ1) is 13.1. The second-order valence-corrected chi connectivity index (χ2v) is 4.32. The summed E-state index contributed by atoms with van der Waals surface area (Å²) in [6.07, 6.45) is 0. The quantitative estimate of drug-likeness (QED) is 0.876. The van der Waals surface area contributed by atoms with E-state index in [1.165, 1.54) is 13.2 Å². The molecule has 4 nitrogen and oxygen atoms in total. The van der Waals surface area contributed by atoms with Gasteiger partial charge < -0.3 is 14.8 Å². The third-order valence-corrected chi connectivity index (χ3v) is 3.16. The van der Waals surface area contributed by atoms with E-state index in [1.54, 1.807) is 13.2 Å². The van der Waals surface area contributed by atoms with E-state index < -0.39 is 0 Å². The Balaban J connectivity index is 2.17. The Bertz CT molecular complexity index is 406. The molecule has 0 radical (unpaired) electrons. The number of nitrogens with zero attached hydrogens (tertiary/aromatic N) is 1. The second kappa shape index (κ2) is 6.02. The van der Waals surface area contributed by atoms with E-state index in [2.05, 4.69) is 10.2 Å². The first-order chi connectivity index (χ1) is 8.74. The van der Waals surface area contributed by atoms with Crippen molar-refractivity contribution in [2.45, 2.75) is 6.54 Å². The molecule has 0 bridgehead atoms. The van der Waals surface area contributed by atoms with Gasteiger partial charge in [0.15, 0.2) is 11.6 Å². The smallest absolute Gasteiger partial charge is 0.165 e. The molecule has 18 heavy (non-hydrogen) atoms. The maximum absolute atomic E-state index is 13.7. The molecular formula is C13H19FN2O2. The first-order valence-corrected chi connectivity index (χ1v) is 6.08. The van der Waals surface area contributed by atoms with Gasteiger partial charge >= 0.3 is 0 Å². The summed E-state index contributed by atoms with van der Waals surface area (Å²) in [5, 5.41) is 3.29. The molecule has 1 aliphatic heterocycles. The van der Waals surface area contributed by atoms with Crippen LogP contribution in [0.1, 0.15) is 5.56 Å². The monoisotopic (exact) mass is 254 g/mol. The topological polar surface area (TPSA) is 33.7 Å². The minimum absolute atomic E-state index is 0.218. The molecule has 0 aromatic heterocycles. The van der Waals surface area contributed by atoms with Crippen molar-refractivity contribution in [3.05, 3.63) is 23.5 Å². The van der Waals surface area contributed by atoms with Crippen LogP contribution in [0.15, 0.2) is 12.1 Å². The highest BCUT2D eigenvalue weighted by Crippen LogP contribution is 2.28. The molecule has 1 saturated heterocycles. The van der Waals surface area contributed by atoms with Gasteiger partial charge in [0.25, 0.3) is 0 Å². The van der Waals surface area contributed by atoms with Gasteiger partial charge in [-0.1, -0.05) is 0 Å². The average molecular weight is 254 g/mol. The highest BCUT2D eigenvalue weighted by molar-refractivity contribution is 5.41. The SMILES string of the molecule is COc1cc(OC)c(CN2CCNCC2)cc1F. The zero-order valence-corrected chi connectivity index (χ0v) is 10.8. The molecule has 1 heterocycles. The van der Waals surface area contributed by atoms with Crippen molar-refractivity contribution in [1.29, 1.82) is 0 Å². The van der Waals surface area contributed by atoms with Gasteiger partial charge in [-0.25, -0.2) is 4.39 Å². The van der Waals surface area contributed by atoms with Gasteiger partial charge in [-0.15, -0.1) is 0 Å². The molecular weight excluding hydrogens is 235 g/mol. The molecule has 5 heteroatoms. The van der Waals surface area contributed by atoms with Crippen molar-refractivity contribution < 1.29 is 13.9 Å². The zero-order valence-electron chi connectivity index (χ0n) is 10.8. The third-order valence-electron chi connectivity index (χ3n) is 3.16. The number of piperazine rings is 1. The maximum Gasteiger partial charge on any atom is 0.165 e. The van der Waals surface area contributed by atoms with E-state index in [0.717, 1.165) is 31.7 Å². The molecule has 1 fully saturated rings. The molecule has 1 N–H and O–H groups in total. The highest BCUT2D eigenvalue weighted by atomic mass is 19.1. The number of benzene rings is 1.